The van der Waals surface area contributed by atoms with Crippen molar-refractivity contribution in [1.29, 1.82) is 0 Å². The second-order valence-electron chi connectivity index (χ2n) is 6.51. The first-order chi connectivity index (χ1) is 14.8. The van der Waals surface area contributed by atoms with Crippen LogP contribution in [0.15, 0.2) is 48.5 Å². The number of carboxylic acids is 3. The zero-order chi connectivity index (χ0) is 22.5. The third-order valence-electron chi connectivity index (χ3n) is 4.43. The van der Waals surface area contributed by atoms with Gasteiger partial charge in [-0.2, -0.15) is 0 Å². The average Bonchev–Trinajstić information content (AvgIpc) is 3.36. The standard InChI is InChI=1S/C10H9N3O4.C9H9N3O2/c14-9(15)5-8(10(16)17)13-7-4-2-1-3-6(7)11-12-13;1-6(9(13)14)12-8-5-3-2-4-7(8)10-11-12/h1-4,8H,5H2,(H,14,15)(H,16,17);2-6H,1H3,(H,13,14). The molecule has 0 aliphatic rings. The molecular formula is C19H18N6O6. The van der Waals surface area contributed by atoms with Gasteiger partial charge in [0.2, 0.25) is 0 Å². The van der Waals surface area contributed by atoms with Crippen LogP contribution in [0, 0.1) is 0 Å². The lowest BCUT2D eigenvalue weighted by molar-refractivity contribution is -0.147. The van der Waals surface area contributed by atoms with E-state index >= 15 is 0 Å². The number of aliphatic carboxylic acids is 3. The molecule has 160 valence electrons. The number of aromatic nitrogens is 6. The number of hydrogen-bond acceptors (Lipinski definition) is 7. The topological polar surface area (TPSA) is 173 Å². The number of benzene rings is 2. The lowest BCUT2D eigenvalue weighted by Crippen LogP contribution is -2.23. The molecule has 31 heavy (non-hydrogen) atoms. The molecule has 0 fully saturated rings. The predicted molar refractivity (Wildman–Crippen MR) is 106 cm³/mol. The van der Waals surface area contributed by atoms with Crippen LogP contribution in [-0.4, -0.2) is 63.2 Å². The van der Waals surface area contributed by atoms with E-state index in [1.807, 2.05) is 12.1 Å². The number of carboxylic acid groups (broad SMARTS) is 3. The fourth-order valence-electron chi connectivity index (χ4n) is 2.84. The van der Waals surface area contributed by atoms with Crippen LogP contribution < -0.4 is 0 Å². The third kappa shape index (κ3) is 4.63. The molecule has 12 nitrogen and oxygen atoms in total. The highest BCUT2D eigenvalue weighted by atomic mass is 16.4. The summed E-state index contributed by atoms with van der Waals surface area (Å²) < 4.78 is 2.52. The SMILES string of the molecule is CC(C(=O)O)n1nnc2ccccc21.O=C(O)CC(C(=O)O)n1nnc2ccccc21. The van der Waals surface area contributed by atoms with Crippen LogP contribution >= 0.6 is 0 Å². The van der Waals surface area contributed by atoms with Crippen molar-refractivity contribution in [2.24, 2.45) is 0 Å². The van der Waals surface area contributed by atoms with Crippen molar-refractivity contribution in [3.63, 3.8) is 0 Å². The van der Waals surface area contributed by atoms with Gasteiger partial charge < -0.3 is 15.3 Å². The van der Waals surface area contributed by atoms with E-state index in [2.05, 4.69) is 20.6 Å². The highest BCUT2D eigenvalue weighted by molar-refractivity contribution is 5.82. The van der Waals surface area contributed by atoms with Gasteiger partial charge in [-0.25, -0.2) is 19.0 Å². The van der Waals surface area contributed by atoms with Crippen molar-refractivity contribution >= 4 is 40.0 Å². The quantitative estimate of drug-likeness (QED) is 0.411. The molecule has 2 aromatic carbocycles. The number of nitrogens with zero attached hydrogens (tertiary/aromatic N) is 6. The van der Waals surface area contributed by atoms with Gasteiger partial charge in [0.15, 0.2) is 6.04 Å². The molecular weight excluding hydrogens is 408 g/mol. The van der Waals surface area contributed by atoms with E-state index in [0.29, 0.717) is 16.6 Å². The maximum Gasteiger partial charge on any atom is 0.329 e. The van der Waals surface area contributed by atoms with Crippen molar-refractivity contribution < 1.29 is 29.7 Å². The fourth-order valence-corrected chi connectivity index (χ4v) is 2.84. The molecule has 0 saturated heterocycles. The van der Waals surface area contributed by atoms with Crippen molar-refractivity contribution in [3.8, 4) is 0 Å². The Morgan fingerprint density at radius 2 is 1.29 bits per heavy atom. The number of para-hydroxylation sites is 2. The zero-order valence-electron chi connectivity index (χ0n) is 16.2. The maximum atomic E-state index is 11.0. The van der Waals surface area contributed by atoms with E-state index in [1.54, 1.807) is 43.3 Å². The van der Waals surface area contributed by atoms with Crippen LogP contribution in [0.25, 0.3) is 22.1 Å². The molecule has 0 bridgehead atoms. The summed E-state index contributed by atoms with van der Waals surface area (Å²) in [6.07, 6.45) is -0.539. The summed E-state index contributed by atoms with van der Waals surface area (Å²) in [6, 6.07) is 12.1. The smallest absolute Gasteiger partial charge is 0.329 e. The van der Waals surface area contributed by atoms with Gasteiger partial charge in [0.05, 0.1) is 17.5 Å². The van der Waals surface area contributed by atoms with E-state index < -0.39 is 36.4 Å². The predicted octanol–water partition coefficient (Wildman–Crippen LogP) is 1.61. The first-order valence-electron chi connectivity index (χ1n) is 9.07. The lowest BCUT2D eigenvalue weighted by atomic mass is 10.2. The van der Waals surface area contributed by atoms with E-state index in [1.165, 1.54) is 4.68 Å². The van der Waals surface area contributed by atoms with Gasteiger partial charge in [-0.3, -0.25) is 4.79 Å². The fraction of sp³-hybridized carbons (Fsp3) is 0.211. The molecule has 12 heteroatoms. The van der Waals surface area contributed by atoms with Crippen molar-refractivity contribution in [1.82, 2.24) is 30.0 Å². The number of hydrogen-bond donors (Lipinski definition) is 3. The largest absolute Gasteiger partial charge is 0.481 e. The minimum Gasteiger partial charge on any atom is -0.481 e. The molecule has 4 rings (SSSR count). The van der Waals surface area contributed by atoms with Crippen LogP contribution in [0.1, 0.15) is 25.4 Å². The van der Waals surface area contributed by atoms with Crippen LogP contribution in [0.4, 0.5) is 0 Å². The van der Waals surface area contributed by atoms with Gasteiger partial charge in [0.1, 0.15) is 17.1 Å². The lowest BCUT2D eigenvalue weighted by Gasteiger charge is -2.10. The summed E-state index contributed by atoms with van der Waals surface area (Å²) in [4.78, 5) is 32.4. The van der Waals surface area contributed by atoms with Gasteiger partial charge in [-0.05, 0) is 31.2 Å². The molecule has 0 radical (unpaired) electrons. The monoisotopic (exact) mass is 426 g/mol. The van der Waals surface area contributed by atoms with Crippen molar-refractivity contribution in [2.45, 2.75) is 25.4 Å². The van der Waals surface area contributed by atoms with Gasteiger partial charge in [0, 0.05) is 0 Å². The Morgan fingerprint density at radius 1 is 0.806 bits per heavy atom. The van der Waals surface area contributed by atoms with Crippen LogP contribution in [-0.2, 0) is 14.4 Å². The number of carbonyl (C=O) groups is 3. The maximum absolute atomic E-state index is 11.0. The first kappa shape index (κ1) is 21.4. The Morgan fingerprint density at radius 3 is 1.77 bits per heavy atom. The molecule has 3 N–H and O–H groups in total. The molecule has 4 aromatic rings. The molecule has 0 amide bonds. The molecule has 2 unspecified atom stereocenters. The molecule has 2 heterocycles. The Hall–Kier alpha value is -4.35. The van der Waals surface area contributed by atoms with Gasteiger partial charge >= 0.3 is 17.9 Å². The van der Waals surface area contributed by atoms with Gasteiger partial charge in [0.25, 0.3) is 0 Å². The Kier molecular flexibility index (Phi) is 6.19. The third-order valence-corrected chi connectivity index (χ3v) is 4.43. The van der Waals surface area contributed by atoms with Gasteiger partial charge in [-0.15, -0.1) is 10.2 Å². The van der Waals surface area contributed by atoms with Crippen LogP contribution in [0.2, 0.25) is 0 Å². The minimum atomic E-state index is -1.25. The van der Waals surface area contributed by atoms with E-state index in [-0.39, 0.29) is 0 Å². The second-order valence-corrected chi connectivity index (χ2v) is 6.51. The van der Waals surface area contributed by atoms with E-state index in [9.17, 15) is 14.4 Å². The average molecular weight is 426 g/mol. The molecule has 2 atom stereocenters. The number of rotatable bonds is 6. The Bertz CT molecular complexity index is 1250. The van der Waals surface area contributed by atoms with E-state index in [4.69, 9.17) is 15.3 Å². The Balaban J connectivity index is 0.000000179. The minimum absolute atomic E-state index is 0.501. The molecule has 0 aliphatic carbocycles. The van der Waals surface area contributed by atoms with Crippen LogP contribution in [0.5, 0.6) is 0 Å². The molecule has 0 saturated carbocycles. The molecule has 0 spiro atoms. The summed E-state index contributed by atoms with van der Waals surface area (Å²) in [5.41, 5.74) is 2.48. The van der Waals surface area contributed by atoms with Crippen molar-refractivity contribution in [2.75, 3.05) is 0 Å². The highest BCUT2D eigenvalue weighted by Crippen LogP contribution is 2.18. The summed E-state index contributed by atoms with van der Waals surface area (Å²) in [6.45, 7) is 1.57. The van der Waals surface area contributed by atoms with Crippen molar-refractivity contribution in [3.05, 3.63) is 48.5 Å². The second kappa shape index (κ2) is 8.98. The normalized spacial score (nSPS) is 12.7. The summed E-state index contributed by atoms with van der Waals surface area (Å²) in [5, 5.41) is 41.7. The van der Waals surface area contributed by atoms with E-state index in [0.717, 1.165) is 10.2 Å². The van der Waals surface area contributed by atoms with Gasteiger partial charge in [-0.1, -0.05) is 34.7 Å². The zero-order valence-corrected chi connectivity index (χ0v) is 16.2. The number of fused-ring (bicyclic) bond motifs is 2. The summed E-state index contributed by atoms with van der Waals surface area (Å²) in [7, 11) is 0. The summed E-state index contributed by atoms with van der Waals surface area (Å²) in [5.74, 6) is -3.36. The molecule has 0 aliphatic heterocycles. The Labute approximate surface area is 174 Å². The molecule has 2 aromatic heterocycles. The first-order valence-corrected chi connectivity index (χ1v) is 9.07. The highest BCUT2D eigenvalue weighted by Gasteiger charge is 2.25. The van der Waals surface area contributed by atoms with Crippen LogP contribution in [0.3, 0.4) is 0 Å². The summed E-state index contributed by atoms with van der Waals surface area (Å²) >= 11 is 0.